The van der Waals surface area contributed by atoms with Crippen LogP contribution < -0.4 is 0 Å². The lowest BCUT2D eigenvalue weighted by atomic mass is 10.2. The third kappa shape index (κ3) is 2.05. The van der Waals surface area contributed by atoms with Crippen LogP contribution in [-0.2, 0) is 9.05 Å². The molecule has 6 nitrogen and oxygen atoms in total. The van der Waals surface area contributed by atoms with Crippen LogP contribution in [0.15, 0.2) is 40.1 Å². The molecule has 1 N–H and O–H groups in total. The SMILES string of the molecule is O=S(=O)(Cl)c1c[nH]c2c(-n3nccn3)c(Br)ccc12. The van der Waals surface area contributed by atoms with E-state index in [0.29, 0.717) is 16.6 Å². The summed E-state index contributed by atoms with van der Waals surface area (Å²) in [5.41, 5.74) is 1.21. The Bertz CT molecular complexity index is 857. The summed E-state index contributed by atoms with van der Waals surface area (Å²) in [6.07, 6.45) is 4.42. The normalized spacial score (nSPS) is 12.1. The number of H-pyrrole nitrogens is 1. The van der Waals surface area contributed by atoms with Gasteiger partial charge in [-0.1, -0.05) is 6.07 Å². The summed E-state index contributed by atoms with van der Waals surface area (Å²) in [6.45, 7) is 0. The molecule has 0 saturated carbocycles. The highest BCUT2D eigenvalue weighted by molar-refractivity contribution is 9.10. The Morgan fingerprint density at radius 2 is 1.95 bits per heavy atom. The van der Waals surface area contributed by atoms with Crippen molar-refractivity contribution in [3.63, 3.8) is 0 Å². The molecular formula is C10H6BrClN4O2S. The average Bonchev–Trinajstić information content (AvgIpc) is 2.94. The van der Waals surface area contributed by atoms with Crippen LogP contribution in [0, 0.1) is 0 Å². The fraction of sp³-hybridized carbons (Fsp3) is 0. The van der Waals surface area contributed by atoms with Crippen LogP contribution in [0.2, 0.25) is 0 Å². The number of aromatic nitrogens is 4. The van der Waals surface area contributed by atoms with Gasteiger partial charge in [0.15, 0.2) is 0 Å². The highest BCUT2D eigenvalue weighted by atomic mass is 79.9. The number of aromatic amines is 1. The molecule has 0 unspecified atom stereocenters. The van der Waals surface area contributed by atoms with Gasteiger partial charge in [-0.25, -0.2) is 8.42 Å². The molecule has 0 radical (unpaired) electrons. The lowest BCUT2D eigenvalue weighted by Gasteiger charge is -2.05. The van der Waals surface area contributed by atoms with Crippen molar-refractivity contribution in [1.82, 2.24) is 20.0 Å². The van der Waals surface area contributed by atoms with Crippen LogP contribution in [-0.4, -0.2) is 28.4 Å². The maximum Gasteiger partial charge on any atom is 0.263 e. The number of nitrogens with zero attached hydrogens (tertiary/aromatic N) is 3. The van der Waals surface area contributed by atoms with Gasteiger partial charge in [-0.05, 0) is 22.0 Å². The minimum Gasteiger partial charge on any atom is -0.358 e. The maximum absolute atomic E-state index is 11.5. The Labute approximate surface area is 120 Å². The molecule has 0 aliphatic rings. The summed E-state index contributed by atoms with van der Waals surface area (Å²) in [5, 5.41) is 8.58. The molecule has 0 atom stereocenters. The summed E-state index contributed by atoms with van der Waals surface area (Å²) in [5.74, 6) is 0. The third-order valence-electron chi connectivity index (χ3n) is 2.62. The number of rotatable bonds is 2. The van der Waals surface area contributed by atoms with E-state index in [-0.39, 0.29) is 4.90 Å². The molecular weight excluding hydrogens is 356 g/mol. The first kappa shape index (κ1) is 12.6. The summed E-state index contributed by atoms with van der Waals surface area (Å²) in [6, 6.07) is 3.39. The number of hydrogen-bond donors (Lipinski definition) is 1. The molecule has 0 aliphatic carbocycles. The second-order valence-corrected chi connectivity index (χ2v) is 7.12. The molecule has 0 spiro atoms. The summed E-state index contributed by atoms with van der Waals surface area (Å²) >= 11 is 3.40. The Morgan fingerprint density at radius 3 is 2.58 bits per heavy atom. The fourth-order valence-electron chi connectivity index (χ4n) is 1.86. The van der Waals surface area contributed by atoms with Gasteiger partial charge in [0.05, 0.1) is 17.9 Å². The van der Waals surface area contributed by atoms with E-state index in [1.165, 1.54) is 23.4 Å². The van der Waals surface area contributed by atoms with Crippen molar-refractivity contribution in [2.45, 2.75) is 4.90 Å². The van der Waals surface area contributed by atoms with E-state index in [2.05, 4.69) is 31.1 Å². The molecule has 2 heterocycles. The van der Waals surface area contributed by atoms with Gasteiger partial charge in [-0.3, -0.25) is 0 Å². The molecule has 2 aromatic heterocycles. The van der Waals surface area contributed by atoms with Crippen LogP contribution >= 0.6 is 26.6 Å². The van der Waals surface area contributed by atoms with Gasteiger partial charge in [-0.15, -0.1) is 4.80 Å². The molecule has 0 fully saturated rings. The highest BCUT2D eigenvalue weighted by Crippen LogP contribution is 2.33. The minimum absolute atomic E-state index is 0.0325. The van der Waals surface area contributed by atoms with Crippen molar-refractivity contribution in [2.75, 3.05) is 0 Å². The van der Waals surface area contributed by atoms with E-state index in [1.54, 1.807) is 12.1 Å². The zero-order chi connectivity index (χ0) is 13.6. The van der Waals surface area contributed by atoms with Crippen molar-refractivity contribution in [3.05, 3.63) is 35.2 Å². The first-order valence-corrected chi connectivity index (χ1v) is 8.19. The lowest BCUT2D eigenvalue weighted by molar-refractivity contribution is 0.610. The quantitative estimate of drug-likeness (QED) is 0.711. The number of benzene rings is 1. The molecule has 0 aliphatic heterocycles. The number of fused-ring (bicyclic) bond motifs is 1. The monoisotopic (exact) mass is 360 g/mol. The van der Waals surface area contributed by atoms with Gasteiger partial charge in [0, 0.05) is 26.7 Å². The Kier molecular flexibility index (Phi) is 2.88. The van der Waals surface area contributed by atoms with Crippen molar-refractivity contribution in [3.8, 4) is 5.69 Å². The van der Waals surface area contributed by atoms with Gasteiger partial charge in [0.2, 0.25) is 0 Å². The van der Waals surface area contributed by atoms with Crippen molar-refractivity contribution >= 4 is 46.6 Å². The highest BCUT2D eigenvalue weighted by Gasteiger charge is 2.20. The predicted octanol–water partition coefficient (Wildman–Crippen LogP) is 2.44. The molecule has 3 rings (SSSR count). The zero-order valence-electron chi connectivity index (χ0n) is 9.21. The van der Waals surface area contributed by atoms with Crippen LogP contribution in [0.1, 0.15) is 0 Å². The fourth-order valence-corrected chi connectivity index (χ4v) is 3.37. The second kappa shape index (κ2) is 4.32. The molecule has 9 heteroatoms. The number of halogens is 2. The molecule has 98 valence electrons. The summed E-state index contributed by atoms with van der Waals surface area (Å²) < 4.78 is 23.7. The summed E-state index contributed by atoms with van der Waals surface area (Å²) in [4.78, 5) is 4.33. The topological polar surface area (TPSA) is 80.6 Å². The lowest BCUT2D eigenvalue weighted by Crippen LogP contribution is -2.00. The molecule has 3 aromatic rings. The molecule has 0 saturated heterocycles. The van der Waals surface area contributed by atoms with Crippen LogP contribution in [0.4, 0.5) is 0 Å². The smallest absolute Gasteiger partial charge is 0.263 e. The minimum atomic E-state index is -3.81. The van der Waals surface area contributed by atoms with Crippen LogP contribution in [0.3, 0.4) is 0 Å². The van der Waals surface area contributed by atoms with E-state index in [4.69, 9.17) is 10.7 Å². The van der Waals surface area contributed by atoms with Gasteiger partial charge in [-0.2, -0.15) is 10.2 Å². The maximum atomic E-state index is 11.5. The van der Waals surface area contributed by atoms with Crippen LogP contribution in [0.5, 0.6) is 0 Å². The Balaban J connectivity index is 2.41. The van der Waals surface area contributed by atoms with E-state index in [1.807, 2.05) is 0 Å². The number of hydrogen-bond acceptors (Lipinski definition) is 4. The van der Waals surface area contributed by atoms with E-state index in [0.717, 1.165) is 4.47 Å². The first-order valence-electron chi connectivity index (χ1n) is 5.09. The van der Waals surface area contributed by atoms with Gasteiger partial charge in [0.1, 0.15) is 10.6 Å². The molecule has 1 aromatic carbocycles. The van der Waals surface area contributed by atoms with Crippen molar-refractivity contribution < 1.29 is 8.42 Å². The average molecular weight is 362 g/mol. The zero-order valence-corrected chi connectivity index (χ0v) is 12.4. The predicted molar refractivity (Wildman–Crippen MR) is 74.0 cm³/mol. The van der Waals surface area contributed by atoms with E-state index < -0.39 is 9.05 Å². The standard InChI is InChI=1S/C10H6BrClN4O2S/c11-7-2-1-6-8(19(12,17)18)5-13-9(6)10(7)16-14-3-4-15-16/h1-5,13H. The largest absolute Gasteiger partial charge is 0.358 e. The van der Waals surface area contributed by atoms with E-state index in [9.17, 15) is 8.42 Å². The van der Waals surface area contributed by atoms with Gasteiger partial charge in [0.25, 0.3) is 9.05 Å². The van der Waals surface area contributed by atoms with Crippen molar-refractivity contribution in [1.29, 1.82) is 0 Å². The van der Waals surface area contributed by atoms with Gasteiger partial charge < -0.3 is 4.98 Å². The molecule has 0 bridgehead atoms. The summed E-state index contributed by atoms with van der Waals surface area (Å²) in [7, 11) is 1.59. The number of nitrogens with one attached hydrogen (secondary N) is 1. The van der Waals surface area contributed by atoms with Crippen LogP contribution in [0.25, 0.3) is 16.6 Å². The molecule has 19 heavy (non-hydrogen) atoms. The second-order valence-electron chi connectivity index (χ2n) is 3.73. The van der Waals surface area contributed by atoms with Gasteiger partial charge >= 0.3 is 0 Å². The third-order valence-corrected chi connectivity index (χ3v) is 4.62. The Morgan fingerprint density at radius 1 is 1.26 bits per heavy atom. The Hall–Kier alpha value is -1.38. The van der Waals surface area contributed by atoms with E-state index >= 15 is 0 Å². The first-order chi connectivity index (χ1) is 8.98. The van der Waals surface area contributed by atoms with Crippen molar-refractivity contribution in [2.24, 2.45) is 0 Å². The molecule has 0 amide bonds.